The quantitative estimate of drug-likeness (QED) is 0.846. The van der Waals surface area contributed by atoms with Crippen molar-refractivity contribution >= 4 is 37.5 Å². The fourth-order valence-corrected chi connectivity index (χ4v) is 3.06. The molecule has 0 amide bonds. The van der Waals surface area contributed by atoms with Crippen molar-refractivity contribution in [1.29, 1.82) is 0 Å². The SMILES string of the molecule is COc1cc(NC2COC(C)(C)OC2)c(Br)cc1Br. The van der Waals surface area contributed by atoms with Crippen LogP contribution in [0.4, 0.5) is 5.69 Å². The smallest absolute Gasteiger partial charge is 0.162 e. The van der Waals surface area contributed by atoms with E-state index in [1.807, 2.05) is 26.0 Å². The Hall–Kier alpha value is -0.300. The summed E-state index contributed by atoms with van der Waals surface area (Å²) in [5.41, 5.74) is 0.956. The van der Waals surface area contributed by atoms with Crippen molar-refractivity contribution in [1.82, 2.24) is 0 Å². The first-order valence-electron chi connectivity index (χ1n) is 5.99. The van der Waals surface area contributed by atoms with E-state index in [4.69, 9.17) is 14.2 Å². The predicted molar refractivity (Wildman–Crippen MR) is 81.8 cm³/mol. The topological polar surface area (TPSA) is 39.7 Å². The fourth-order valence-electron chi connectivity index (χ4n) is 1.79. The Balaban J connectivity index is 2.07. The van der Waals surface area contributed by atoms with Crippen molar-refractivity contribution in [3.63, 3.8) is 0 Å². The highest BCUT2D eigenvalue weighted by atomic mass is 79.9. The molecule has 0 bridgehead atoms. The number of benzene rings is 1. The minimum atomic E-state index is -0.493. The Bertz CT molecular complexity index is 455. The van der Waals surface area contributed by atoms with Crippen LogP contribution in [-0.4, -0.2) is 32.2 Å². The van der Waals surface area contributed by atoms with Crippen molar-refractivity contribution in [3.8, 4) is 5.75 Å². The lowest BCUT2D eigenvalue weighted by molar-refractivity contribution is -0.247. The van der Waals surface area contributed by atoms with Crippen LogP contribution in [0, 0.1) is 0 Å². The zero-order chi connectivity index (χ0) is 14.0. The number of anilines is 1. The Morgan fingerprint density at radius 1 is 1.21 bits per heavy atom. The summed E-state index contributed by atoms with van der Waals surface area (Å²) in [7, 11) is 1.65. The Labute approximate surface area is 130 Å². The van der Waals surface area contributed by atoms with E-state index in [9.17, 15) is 0 Å². The summed E-state index contributed by atoms with van der Waals surface area (Å²) in [6.07, 6.45) is 0. The normalized spacial score (nSPS) is 19.2. The Kier molecular flexibility index (Phi) is 4.76. The van der Waals surface area contributed by atoms with Crippen LogP contribution in [0.2, 0.25) is 0 Å². The predicted octanol–water partition coefficient (Wildman–Crippen LogP) is 3.78. The number of nitrogens with one attached hydrogen (secondary N) is 1. The van der Waals surface area contributed by atoms with Crippen LogP contribution in [0.5, 0.6) is 5.75 Å². The molecule has 0 spiro atoms. The summed E-state index contributed by atoms with van der Waals surface area (Å²) in [5.74, 6) is 0.288. The Morgan fingerprint density at radius 2 is 1.84 bits per heavy atom. The third-order valence-corrected chi connectivity index (χ3v) is 4.14. The maximum atomic E-state index is 5.63. The van der Waals surface area contributed by atoms with E-state index in [1.165, 1.54) is 0 Å². The molecule has 106 valence electrons. The van der Waals surface area contributed by atoms with Crippen LogP contribution in [0.3, 0.4) is 0 Å². The first kappa shape index (κ1) is 15.1. The lowest BCUT2D eigenvalue weighted by Gasteiger charge is -2.35. The molecular formula is C13H17Br2NO3. The van der Waals surface area contributed by atoms with E-state index in [0.29, 0.717) is 13.2 Å². The van der Waals surface area contributed by atoms with Crippen molar-refractivity contribution in [2.45, 2.75) is 25.7 Å². The van der Waals surface area contributed by atoms with E-state index >= 15 is 0 Å². The molecule has 1 aliphatic rings. The van der Waals surface area contributed by atoms with Crippen molar-refractivity contribution in [2.24, 2.45) is 0 Å². The monoisotopic (exact) mass is 393 g/mol. The zero-order valence-electron chi connectivity index (χ0n) is 11.1. The van der Waals surface area contributed by atoms with Crippen molar-refractivity contribution in [2.75, 3.05) is 25.6 Å². The molecule has 0 aliphatic carbocycles. The van der Waals surface area contributed by atoms with Gasteiger partial charge in [0, 0.05) is 10.5 Å². The molecular weight excluding hydrogens is 378 g/mol. The number of hydrogen-bond donors (Lipinski definition) is 1. The summed E-state index contributed by atoms with van der Waals surface area (Å²) < 4.78 is 18.4. The zero-order valence-corrected chi connectivity index (χ0v) is 14.3. The number of methoxy groups -OCH3 is 1. The maximum absolute atomic E-state index is 5.63. The standard InChI is InChI=1S/C13H17Br2NO3/c1-13(2)18-6-8(7-19-13)16-11-5-12(17-3)10(15)4-9(11)14/h4-5,8,16H,6-7H2,1-3H3. The van der Waals surface area contributed by atoms with Gasteiger partial charge < -0.3 is 19.5 Å². The molecule has 1 aromatic carbocycles. The molecule has 1 aliphatic heterocycles. The van der Waals surface area contributed by atoms with Gasteiger partial charge in [-0.05, 0) is 51.8 Å². The van der Waals surface area contributed by atoms with Crippen molar-refractivity contribution in [3.05, 3.63) is 21.1 Å². The first-order chi connectivity index (χ1) is 8.91. The highest BCUT2D eigenvalue weighted by molar-refractivity contribution is 9.11. The van der Waals surface area contributed by atoms with Gasteiger partial charge in [-0.3, -0.25) is 0 Å². The lowest BCUT2D eigenvalue weighted by Crippen LogP contribution is -2.45. The number of halogens is 2. The first-order valence-corrected chi connectivity index (χ1v) is 7.57. The van der Waals surface area contributed by atoms with Gasteiger partial charge in [0.05, 0.1) is 36.5 Å². The molecule has 1 saturated heterocycles. The summed E-state index contributed by atoms with van der Waals surface area (Å²) in [4.78, 5) is 0. The highest BCUT2D eigenvalue weighted by Crippen LogP contribution is 2.35. The van der Waals surface area contributed by atoms with E-state index in [-0.39, 0.29) is 6.04 Å². The van der Waals surface area contributed by atoms with Gasteiger partial charge in [0.2, 0.25) is 0 Å². The molecule has 2 rings (SSSR count). The van der Waals surface area contributed by atoms with E-state index in [0.717, 1.165) is 20.4 Å². The molecule has 0 unspecified atom stereocenters. The minimum Gasteiger partial charge on any atom is -0.495 e. The van der Waals surface area contributed by atoms with Gasteiger partial charge in [-0.2, -0.15) is 0 Å². The third-order valence-electron chi connectivity index (χ3n) is 2.87. The molecule has 1 heterocycles. The molecule has 6 heteroatoms. The van der Waals surface area contributed by atoms with Crippen LogP contribution in [-0.2, 0) is 9.47 Å². The van der Waals surface area contributed by atoms with Crippen LogP contribution in [0.25, 0.3) is 0 Å². The molecule has 0 saturated carbocycles. The second-order valence-corrected chi connectivity index (χ2v) is 6.54. The van der Waals surface area contributed by atoms with E-state index in [2.05, 4.69) is 37.2 Å². The van der Waals surface area contributed by atoms with Gasteiger partial charge in [-0.15, -0.1) is 0 Å². The van der Waals surface area contributed by atoms with Crippen molar-refractivity contribution < 1.29 is 14.2 Å². The summed E-state index contributed by atoms with van der Waals surface area (Å²) in [6.45, 7) is 5.05. The molecule has 0 aromatic heterocycles. The summed E-state index contributed by atoms with van der Waals surface area (Å²) in [6, 6.07) is 4.01. The highest BCUT2D eigenvalue weighted by Gasteiger charge is 2.28. The second kappa shape index (κ2) is 5.99. The Morgan fingerprint density at radius 3 is 2.42 bits per heavy atom. The third kappa shape index (κ3) is 3.84. The summed E-state index contributed by atoms with van der Waals surface area (Å²) in [5, 5.41) is 3.39. The largest absolute Gasteiger partial charge is 0.495 e. The molecule has 1 fully saturated rings. The lowest BCUT2D eigenvalue weighted by atomic mass is 10.2. The molecule has 1 N–H and O–H groups in total. The van der Waals surface area contributed by atoms with Gasteiger partial charge in [0.25, 0.3) is 0 Å². The van der Waals surface area contributed by atoms with Gasteiger partial charge in [-0.25, -0.2) is 0 Å². The number of rotatable bonds is 3. The van der Waals surface area contributed by atoms with Crippen LogP contribution in [0.15, 0.2) is 21.1 Å². The van der Waals surface area contributed by atoms with Gasteiger partial charge in [0.15, 0.2) is 5.79 Å². The van der Waals surface area contributed by atoms with E-state index in [1.54, 1.807) is 7.11 Å². The minimum absolute atomic E-state index is 0.121. The van der Waals surface area contributed by atoms with Gasteiger partial charge in [-0.1, -0.05) is 0 Å². The molecule has 0 atom stereocenters. The van der Waals surface area contributed by atoms with Crippen LogP contribution < -0.4 is 10.1 Å². The average molecular weight is 395 g/mol. The van der Waals surface area contributed by atoms with Gasteiger partial charge in [0.1, 0.15) is 5.75 Å². The molecule has 4 nitrogen and oxygen atoms in total. The van der Waals surface area contributed by atoms with Gasteiger partial charge >= 0.3 is 0 Å². The van der Waals surface area contributed by atoms with Crippen LogP contribution >= 0.6 is 31.9 Å². The van der Waals surface area contributed by atoms with Crippen LogP contribution in [0.1, 0.15) is 13.8 Å². The number of hydrogen-bond acceptors (Lipinski definition) is 4. The summed E-state index contributed by atoms with van der Waals surface area (Å²) >= 11 is 6.98. The molecule has 0 radical (unpaired) electrons. The molecule has 19 heavy (non-hydrogen) atoms. The second-order valence-electron chi connectivity index (χ2n) is 4.83. The maximum Gasteiger partial charge on any atom is 0.162 e. The van der Waals surface area contributed by atoms with E-state index < -0.39 is 5.79 Å². The average Bonchev–Trinajstić information content (AvgIpc) is 2.35. The molecule has 1 aromatic rings. The fraction of sp³-hybridized carbons (Fsp3) is 0.538. The number of ether oxygens (including phenoxy) is 3.